The van der Waals surface area contributed by atoms with E-state index in [1.807, 2.05) is 94.4 Å². The number of ether oxygens (including phenoxy) is 1. The molecule has 3 rings (SSSR count). The van der Waals surface area contributed by atoms with Crippen molar-refractivity contribution >= 4 is 17.7 Å². The highest BCUT2D eigenvalue weighted by Crippen LogP contribution is 2.21. The van der Waals surface area contributed by atoms with Crippen LogP contribution in [0.1, 0.15) is 26.3 Å². The number of methoxy groups -OCH3 is 1. The zero-order valence-electron chi connectivity index (χ0n) is 19.2. The average molecular weight is 420 g/mol. The van der Waals surface area contributed by atoms with Crippen molar-refractivity contribution in [2.45, 2.75) is 27.3 Å². The van der Waals surface area contributed by atoms with E-state index in [1.54, 1.807) is 11.8 Å². The molecule has 6 nitrogen and oxygen atoms in total. The summed E-state index contributed by atoms with van der Waals surface area (Å²) in [5.41, 5.74) is 2.67. The van der Waals surface area contributed by atoms with Crippen molar-refractivity contribution in [2.24, 2.45) is 10.5 Å². The minimum Gasteiger partial charge on any atom is -0.497 e. The predicted molar refractivity (Wildman–Crippen MR) is 125 cm³/mol. The molecule has 1 heterocycles. The summed E-state index contributed by atoms with van der Waals surface area (Å²) in [4.78, 5) is 14.8. The fourth-order valence-corrected chi connectivity index (χ4v) is 3.05. The molecule has 0 N–H and O–H groups in total. The lowest BCUT2D eigenvalue weighted by atomic mass is 9.91. The lowest BCUT2D eigenvalue weighted by Crippen LogP contribution is -2.42. The highest BCUT2D eigenvalue weighted by Gasteiger charge is 2.27. The van der Waals surface area contributed by atoms with Crippen LogP contribution in [0.25, 0.3) is 11.4 Å². The molecule has 0 saturated carbocycles. The zero-order chi connectivity index (χ0) is 22.6. The van der Waals surface area contributed by atoms with Gasteiger partial charge < -0.3 is 9.64 Å². The highest BCUT2D eigenvalue weighted by atomic mass is 16.5. The number of hydrogen-bond acceptors (Lipinski definition) is 4. The maximum atomic E-state index is 12.7. The van der Waals surface area contributed by atoms with Crippen molar-refractivity contribution in [3.63, 3.8) is 0 Å². The van der Waals surface area contributed by atoms with Gasteiger partial charge in [0.25, 0.3) is 0 Å². The van der Waals surface area contributed by atoms with Gasteiger partial charge in [-0.3, -0.25) is 4.79 Å². The van der Waals surface area contributed by atoms with Crippen molar-refractivity contribution in [2.75, 3.05) is 26.1 Å². The standard InChI is InChI=1S/C25H31N4O2/c1-25(2,3)23(30)18-28-15-16-29(24(28)20-9-13-22(31-6)14-10-20)26-17-19-7-11-21(12-8-19)27(4)5/h7-17H,18H2,1-6H3/q+1/b26-17-. The molecule has 0 aliphatic heterocycles. The molecule has 1 aromatic heterocycles. The number of Topliss-reactive ketones (excluding diaryl/α,β-unsaturated/α-hetero) is 1. The van der Waals surface area contributed by atoms with Gasteiger partial charge in [-0.1, -0.05) is 38.0 Å². The number of hydrogen-bond donors (Lipinski definition) is 0. The summed E-state index contributed by atoms with van der Waals surface area (Å²) in [5, 5.41) is 4.67. The van der Waals surface area contributed by atoms with E-state index in [1.165, 1.54) is 0 Å². The van der Waals surface area contributed by atoms with Crippen LogP contribution >= 0.6 is 0 Å². The Bertz CT molecular complexity index is 1060. The Balaban J connectivity index is 1.97. The average Bonchev–Trinajstić information content (AvgIpc) is 3.14. The normalized spacial score (nSPS) is 11.7. The van der Waals surface area contributed by atoms with Gasteiger partial charge in [-0.2, -0.15) is 0 Å². The lowest BCUT2D eigenvalue weighted by Gasteiger charge is -2.15. The number of anilines is 1. The van der Waals surface area contributed by atoms with Gasteiger partial charge in [0.1, 0.15) is 18.5 Å². The van der Waals surface area contributed by atoms with Crippen LogP contribution in [0.15, 0.2) is 66.0 Å². The summed E-state index contributed by atoms with van der Waals surface area (Å²) in [6, 6.07) is 16.0. The highest BCUT2D eigenvalue weighted by molar-refractivity contribution is 5.82. The fourth-order valence-electron chi connectivity index (χ4n) is 3.05. The number of ketones is 1. The third-order valence-corrected chi connectivity index (χ3v) is 5.12. The molecular formula is C25H31N4O2+. The molecule has 0 saturated heterocycles. The summed E-state index contributed by atoms with van der Waals surface area (Å²) in [6.07, 6.45) is 5.60. The first-order chi connectivity index (χ1) is 14.7. The van der Waals surface area contributed by atoms with Gasteiger partial charge in [-0.25, -0.2) is 4.57 Å². The van der Waals surface area contributed by atoms with E-state index in [4.69, 9.17) is 4.74 Å². The van der Waals surface area contributed by atoms with Gasteiger partial charge in [0.05, 0.1) is 18.9 Å². The largest absolute Gasteiger partial charge is 0.497 e. The molecule has 162 valence electrons. The summed E-state index contributed by atoms with van der Waals surface area (Å²) in [5.74, 6) is 1.78. The Morgan fingerprint density at radius 3 is 2.29 bits per heavy atom. The number of carbonyl (C=O) groups excluding carboxylic acids is 1. The minimum atomic E-state index is -0.413. The van der Waals surface area contributed by atoms with E-state index >= 15 is 0 Å². The Morgan fingerprint density at radius 2 is 1.74 bits per heavy atom. The Labute approximate surface area is 184 Å². The van der Waals surface area contributed by atoms with E-state index in [0.717, 1.165) is 28.4 Å². The number of imidazole rings is 1. The smallest absolute Gasteiger partial charge is 0.314 e. The second kappa shape index (κ2) is 9.16. The van der Waals surface area contributed by atoms with E-state index in [0.29, 0.717) is 0 Å². The van der Waals surface area contributed by atoms with Crippen LogP contribution < -0.4 is 14.2 Å². The number of nitrogens with zero attached hydrogens (tertiary/aromatic N) is 4. The zero-order valence-corrected chi connectivity index (χ0v) is 19.2. The number of rotatable bonds is 7. The van der Waals surface area contributed by atoms with E-state index < -0.39 is 5.41 Å². The second-order valence-electron chi connectivity index (χ2n) is 8.73. The van der Waals surface area contributed by atoms with E-state index in [-0.39, 0.29) is 12.3 Å². The third kappa shape index (κ3) is 5.40. The Kier molecular flexibility index (Phi) is 6.59. The first kappa shape index (κ1) is 22.3. The molecule has 6 heteroatoms. The Morgan fingerprint density at radius 1 is 1.10 bits per heavy atom. The van der Waals surface area contributed by atoms with E-state index in [9.17, 15) is 4.79 Å². The van der Waals surface area contributed by atoms with Crippen molar-refractivity contribution in [1.82, 2.24) is 4.68 Å². The van der Waals surface area contributed by atoms with E-state index in [2.05, 4.69) is 22.1 Å². The topological polar surface area (TPSA) is 50.7 Å². The molecular weight excluding hydrogens is 388 g/mol. The molecule has 0 bridgehead atoms. The number of aromatic nitrogens is 2. The van der Waals surface area contributed by atoms with Crippen LogP contribution in [0, 0.1) is 5.41 Å². The molecule has 0 fully saturated rings. The molecule has 0 unspecified atom stereocenters. The van der Waals surface area contributed by atoms with Crippen molar-refractivity contribution < 1.29 is 14.1 Å². The van der Waals surface area contributed by atoms with Gasteiger partial charge in [-0.05, 0) is 42.0 Å². The SMILES string of the molecule is COc1ccc(-c2n(/N=C\c3ccc(N(C)C)cc3)cc[n+]2CC(=O)C(C)(C)C)cc1. The van der Waals surface area contributed by atoms with Crippen LogP contribution in [0.3, 0.4) is 0 Å². The maximum absolute atomic E-state index is 12.7. The summed E-state index contributed by atoms with van der Waals surface area (Å²) in [7, 11) is 5.68. The van der Waals surface area contributed by atoms with Gasteiger partial charge >= 0.3 is 5.82 Å². The molecule has 0 radical (unpaired) electrons. The quantitative estimate of drug-likeness (QED) is 0.429. The van der Waals surface area contributed by atoms with Crippen molar-refractivity contribution in [1.29, 1.82) is 0 Å². The molecule has 0 aliphatic carbocycles. The van der Waals surface area contributed by atoms with Gasteiger partial charge in [0, 0.05) is 25.2 Å². The second-order valence-corrected chi connectivity index (χ2v) is 8.73. The van der Waals surface area contributed by atoms with Gasteiger partial charge in [-0.15, -0.1) is 4.68 Å². The van der Waals surface area contributed by atoms with Crippen LogP contribution in [-0.4, -0.2) is 37.9 Å². The van der Waals surface area contributed by atoms with Crippen molar-refractivity contribution in [3.8, 4) is 17.1 Å². The molecule has 0 spiro atoms. The molecule has 0 amide bonds. The monoisotopic (exact) mass is 419 g/mol. The van der Waals surface area contributed by atoms with Crippen LogP contribution in [0.4, 0.5) is 5.69 Å². The van der Waals surface area contributed by atoms with Gasteiger partial charge in [0.2, 0.25) is 0 Å². The summed E-state index contributed by atoms with van der Waals surface area (Å²) in [6.45, 7) is 6.10. The van der Waals surface area contributed by atoms with Crippen LogP contribution in [-0.2, 0) is 11.3 Å². The molecule has 0 aliphatic rings. The molecule has 31 heavy (non-hydrogen) atoms. The first-order valence-electron chi connectivity index (χ1n) is 10.3. The minimum absolute atomic E-state index is 0.160. The van der Waals surface area contributed by atoms with Gasteiger partial charge in [0.15, 0.2) is 12.0 Å². The first-order valence-corrected chi connectivity index (χ1v) is 10.3. The lowest BCUT2D eigenvalue weighted by molar-refractivity contribution is -0.673. The fraction of sp³-hybridized carbons (Fsp3) is 0.320. The number of carbonyl (C=O) groups is 1. The van der Waals surface area contributed by atoms with Crippen molar-refractivity contribution in [3.05, 3.63) is 66.5 Å². The predicted octanol–water partition coefficient (Wildman–Crippen LogP) is 4.01. The van der Waals surface area contributed by atoms with Crippen LogP contribution in [0.5, 0.6) is 5.75 Å². The molecule has 2 aromatic carbocycles. The molecule has 3 aromatic rings. The third-order valence-electron chi connectivity index (χ3n) is 5.12. The maximum Gasteiger partial charge on any atom is 0.314 e. The summed E-state index contributed by atoms with van der Waals surface area (Å²) < 4.78 is 9.04. The number of benzene rings is 2. The Hall–Kier alpha value is -3.41. The molecule has 0 atom stereocenters. The van der Waals surface area contributed by atoms with Crippen LogP contribution in [0.2, 0.25) is 0 Å². The summed E-state index contributed by atoms with van der Waals surface area (Å²) >= 11 is 0.